The molecule has 0 aliphatic carbocycles. The Hall–Kier alpha value is -1.60. The van der Waals surface area contributed by atoms with Crippen molar-refractivity contribution in [3.05, 3.63) is 23.8 Å². The molecule has 24 heavy (non-hydrogen) atoms. The van der Waals surface area contributed by atoms with Crippen molar-refractivity contribution < 1.29 is 18.3 Å². The maximum absolute atomic E-state index is 12.2. The van der Waals surface area contributed by atoms with Gasteiger partial charge in [0.1, 0.15) is 5.75 Å². The van der Waals surface area contributed by atoms with E-state index in [0.717, 1.165) is 5.56 Å². The summed E-state index contributed by atoms with van der Waals surface area (Å²) in [7, 11) is -1.23. The van der Waals surface area contributed by atoms with Crippen LogP contribution in [0.1, 0.15) is 32.8 Å². The third-order valence-corrected chi connectivity index (χ3v) is 6.11. The highest BCUT2D eigenvalue weighted by atomic mass is 32.2. The number of carbonyl (C=O) groups is 1. The van der Waals surface area contributed by atoms with Crippen LogP contribution in [0, 0.1) is 0 Å². The fraction of sp³-hybridized carbons (Fsp3) is 0.588. The third kappa shape index (κ3) is 4.70. The van der Waals surface area contributed by atoms with Crippen LogP contribution in [0.5, 0.6) is 5.75 Å². The number of aromatic hydroxyl groups is 1. The molecular formula is C17H26N2O4S. The van der Waals surface area contributed by atoms with Crippen LogP contribution in [0.15, 0.2) is 18.2 Å². The second-order valence-corrected chi connectivity index (χ2v) is 9.73. The minimum absolute atomic E-state index is 0.0162. The van der Waals surface area contributed by atoms with Gasteiger partial charge in [0, 0.05) is 6.04 Å². The van der Waals surface area contributed by atoms with Crippen molar-refractivity contribution in [3.63, 3.8) is 0 Å². The third-order valence-electron chi connectivity index (χ3n) is 4.36. The fourth-order valence-electron chi connectivity index (χ4n) is 2.77. The van der Waals surface area contributed by atoms with Crippen molar-refractivity contribution >= 4 is 21.4 Å². The second kappa shape index (κ2) is 6.72. The first-order valence-electron chi connectivity index (χ1n) is 8.02. The van der Waals surface area contributed by atoms with Gasteiger partial charge in [0.25, 0.3) is 0 Å². The Morgan fingerprint density at radius 3 is 2.58 bits per heavy atom. The van der Waals surface area contributed by atoms with Gasteiger partial charge in [0.2, 0.25) is 5.91 Å². The first kappa shape index (κ1) is 18.7. The Morgan fingerprint density at radius 2 is 2.04 bits per heavy atom. The lowest BCUT2D eigenvalue weighted by atomic mass is 9.87. The van der Waals surface area contributed by atoms with Gasteiger partial charge in [-0.05, 0) is 36.6 Å². The first-order chi connectivity index (χ1) is 11.0. The maximum Gasteiger partial charge on any atom is 0.238 e. The summed E-state index contributed by atoms with van der Waals surface area (Å²) in [5.41, 5.74) is 1.29. The molecule has 1 fully saturated rings. The summed E-state index contributed by atoms with van der Waals surface area (Å²) in [6.07, 6.45) is 0.552. The molecule has 1 aliphatic heterocycles. The summed E-state index contributed by atoms with van der Waals surface area (Å²) < 4.78 is 23.1. The number of phenolic OH excluding ortho intramolecular Hbond substituents is 1. The number of amides is 1. The van der Waals surface area contributed by atoms with Gasteiger partial charge in [0.05, 0.1) is 23.7 Å². The Bertz CT molecular complexity index is 723. The Labute approximate surface area is 143 Å². The molecule has 6 nitrogen and oxygen atoms in total. The molecule has 1 atom stereocenters. The number of sulfone groups is 1. The quantitative estimate of drug-likeness (QED) is 0.805. The number of anilines is 1. The van der Waals surface area contributed by atoms with Gasteiger partial charge in [-0.1, -0.05) is 26.8 Å². The predicted octanol–water partition coefficient (Wildman–Crippen LogP) is 1.75. The summed E-state index contributed by atoms with van der Waals surface area (Å²) in [4.78, 5) is 14.0. The molecule has 0 spiro atoms. The van der Waals surface area contributed by atoms with Crippen molar-refractivity contribution in [1.82, 2.24) is 4.90 Å². The summed E-state index contributed by atoms with van der Waals surface area (Å²) in [6, 6.07) is 5.05. The molecule has 0 bridgehead atoms. The predicted molar refractivity (Wildman–Crippen MR) is 95.1 cm³/mol. The number of likely N-dealkylation sites (N-methyl/N-ethyl adjacent to an activating group) is 1. The maximum atomic E-state index is 12.2. The van der Waals surface area contributed by atoms with Gasteiger partial charge < -0.3 is 10.4 Å². The second-order valence-electron chi connectivity index (χ2n) is 7.50. The Kier molecular flexibility index (Phi) is 5.25. The van der Waals surface area contributed by atoms with Crippen molar-refractivity contribution in [3.8, 4) is 5.75 Å². The Balaban J connectivity index is 2.02. The molecular weight excluding hydrogens is 328 g/mol. The van der Waals surface area contributed by atoms with Gasteiger partial charge in [-0.25, -0.2) is 8.42 Å². The van der Waals surface area contributed by atoms with Crippen LogP contribution in [-0.2, 0) is 20.0 Å². The zero-order valence-electron chi connectivity index (χ0n) is 14.7. The fourth-order valence-corrected chi connectivity index (χ4v) is 4.58. The molecule has 0 saturated carbocycles. The number of carbonyl (C=O) groups excluding carboxylic acids is 1. The van der Waals surface area contributed by atoms with Crippen molar-refractivity contribution in [2.45, 2.75) is 38.6 Å². The highest BCUT2D eigenvalue weighted by molar-refractivity contribution is 7.91. The van der Waals surface area contributed by atoms with E-state index in [2.05, 4.69) is 26.1 Å². The van der Waals surface area contributed by atoms with Crippen LogP contribution >= 0.6 is 0 Å². The van der Waals surface area contributed by atoms with Gasteiger partial charge in [-0.15, -0.1) is 0 Å². The summed E-state index contributed by atoms with van der Waals surface area (Å²) in [5.74, 6) is 0.0187. The first-order valence-corrected chi connectivity index (χ1v) is 9.84. The van der Waals surface area contributed by atoms with Gasteiger partial charge in [0.15, 0.2) is 9.84 Å². The monoisotopic (exact) mass is 354 g/mol. The number of benzene rings is 1. The molecule has 2 N–H and O–H groups in total. The van der Waals surface area contributed by atoms with Crippen LogP contribution in [0.3, 0.4) is 0 Å². The lowest BCUT2D eigenvalue weighted by Crippen LogP contribution is -2.38. The smallest absolute Gasteiger partial charge is 0.238 e. The van der Waals surface area contributed by atoms with Crippen LogP contribution in [0.2, 0.25) is 0 Å². The molecule has 0 aromatic heterocycles. The zero-order chi connectivity index (χ0) is 18.1. The van der Waals surface area contributed by atoms with Gasteiger partial charge in [-0.3, -0.25) is 9.69 Å². The topological polar surface area (TPSA) is 86.7 Å². The lowest BCUT2D eigenvalue weighted by molar-refractivity contribution is -0.117. The summed E-state index contributed by atoms with van der Waals surface area (Å²) in [5, 5.41) is 12.7. The summed E-state index contributed by atoms with van der Waals surface area (Å²) >= 11 is 0. The Morgan fingerprint density at radius 1 is 1.38 bits per heavy atom. The van der Waals surface area contributed by atoms with E-state index in [0.29, 0.717) is 12.1 Å². The number of rotatable bonds is 4. The highest BCUT2D eigenvalue weighted by Crippen LogP contribution is 2.30. The van der Waals surface area contributed by atoms with E-state index in [1.165, 1.54) is 0 Å². The van der Waals surface area contributed by atoms with E-state index in [1.807, 2.05) is 6.07 Å². The highest BCUT2D eigenvalue weighted by Gasteiger charge is 2.31. The number of hydrogen-bond donors (Lipinski definition) is 2. The molecule has 0 radical (unpaired) electrons. The zero-order valence-corrected chi connectivity index (χ0v) is 15.5. The largest absolute Gasteiger partial charge is 0.506 e. The normalized spacial score (nSPS) is 20.3. The average Bonchev–Trinajstić information content (AvgIpc) is 2.80. The number of phenols is 1. The van der Waals surface area contributed by atoms with E-state index in [1.54, 1.807) is 24.1 Å². The van der Waals surface area contributed by atoms with Gasteiger partial charge >= 0.3 is 0 Å². The van der Waals surface area contributed by atoms with Crippen LogP contribution in [-0.4, -0.2) is 55.5 Å². The van der Waals surface area contributed by atoms with Crippen molar-refractivity contribution in [2.24, 2.45) is 0 Å². The lowest BCUT2D eigenvalue weighted by Gasteiger charge is -2.23. The van der Waals surface area contributed by atoms with Crippen LogP contribution in [0.25, 0.3) is 0 Å². The van der Waals surface area contributed by atoms with E-state index in [9.17, 15) is 18.3 Å². The van der Waals surface area contributed by atoms with E-state index in [-0.39, 0.29) is 41.2 Å². The number of nitrogens with one attached hydrogen (secondary N) is 1. The molecule has 7 heteroatoms. The van der Waals surface area contributed by atoms with Gasteiger partial charge in [-0.2, -0.15) is 0 Å². The van der Waals surface area contributed by atoms with E-state index < -0.39 is 9.84 Å². The molecule has 2 rings (SSSR count). The molecule has 1 amide bonds. The molecule has 1 saturated heterocycles. The standard InChI is InChI=1S/C17H26N2O4S/c1-17(2,3)12-5-6-15(20)14(9-12)18-16(21)10-19(4)13-7-8-24(22,23)11-13/h5-6,9,13,20H,7-8,10-11H2,1-4H3,(H,18,21). The molecule has 134 valence electrons. The minimum Gasteiger partial charge on any atom is -0.506 e. The average molecular weight is 354 g/mol. The van der Waals surface area contributed by atoms with Crippen molar-refractivity contribution in [2.75, 3.05) is 30.4 Å². The van der Waals surface area contributed by atoms with Crippen LogP contribution in [0.4, 0.5) is 5.69 Å². The van der Waals surface area contributed by atoms with Crippen LogP contribution < -0.4 is 5.32 Å². The molecule has 1 aliphatic rings. The SMILES string of the molecule is CN(CC(=O)Nc1cc(C(C)(C)C)ccc1O)C1CCS(=O)(=O)C1. The molecule has 1 aromatic carbocycles. The van der Waals surface area contributed by atoms with E-state index in [4.69, 9.17) is 0 Å². The molecule has 1 unspecified atom stereocenters. The molecule has 1 heterocycles. The number of nitrogens with zero attached hydrogens (tertiary/aromatic N) is 1. The minimum atomic E-state index is -2.98. The summed E-state index contributed by atoms with van der Waals surface area (Å²) in [6.45, 7) is 6.25. The number of hydrogen-bond acceptors (Lipinski definition) is 5. The molecule has 1 aromatic rings. The van der Waals surface area contributed by atoms with Crippen molar-refractivity contribution in [1.29, 1.82) is 0 Å². The van der Waals surface area contributed by atoms with E-state index >= 15 is 0 Å².